The van der Waals surface area contributed by atoms with Crippen LogP contribution in [-0.2, 0) is 0 Å². The summed E-state index contributed by atoms with van der Waals surface area (Å²) in [5, 5.41) is 30.8. The molecule has 12 heavy (non-hydrogen) atoms. The summed E-state index contributed by atoms with van der Waals surface area (Å²) in [7, 11) is 0. The highest BCUT2D eigenvalue weighted by Gasteiger charge is 2.27. The van der Waals surface area contributed by atoms with Gasteiger partial charge < -0.3 is 20.7 Å². The Morgan fingerprint density at radius 3 is 2.58 bits per heavy atom. The van der Waals surface area contributed by atoms with E-state index in [1.165, 1.54) is 0 Å². The highest BCUT2D eigenvalue weighted by Crippen LogP contribution is 2.26. The Bertz CT molecular complexity index is 146. The zero-order chi connectivity index (χ0) is 9.30. The van der Waals surface area contributed by atoms with Gasteiger partial charge in [-0.1, -0.05) is 6.92 Å². The number of halogens is 1. The number of rotatable bonds is 1. The average Bonchev–Trinajstić information content (AvgIpc) is 1.99. The fourth-order valence-corrected chi connectivity index (χ4v) is 1.78. The summed E-state index contributed by atoms with van der Waals surface area (Å²) >= 11 is 5.64. The molecule has 72 valence electrons. The van der Waals surface area contributed by atoms with E-state index in [-0.39, 0.29) is 17.7 Å². The summed E-state index contributed by atoms with van der Waals surface area (Å²) in [6, 6.07) is -0.859. The molecule has 1 aliphatic rings. The largest absolute Gasteiger partial charge is 0.784 e. The molecule has 0 amide bonds. The topological polar surface area (TPSA) is 72.8 Å². The molecule has 1 rings (SSSR count). The lowest BCUT2D eigenvalue weighted by atomic mass is 10.0. The Morgan fingerprint density at radius 2 is 2.17 bits per heavy atom. The van der Waals surface area contributed by atoms with Crippen LogP contribution in [0.2, 0.25) is 0 Å². The van der Waals surface area contributed by atoms with Gasteiger partial charge in [0.25, 0.3) is 0 Å². The van der Waals surface area contributed by atoms with Crippen LogP contribution in [0.1, 0.15) is 19.8 Å². The van der Waals surface area contributed by atoms with Crippen LogP contribution < -0.4 is 0 Å². The molecule has 0 saturated carbocycles. The SMILES string of the molecule is CC1CC(N([O-])O)CC(Cl)N1[O-]. The Kier molecular flexibility index (Phi) is 3.28. The van der Waals surface area contributed by atoms with Crippen molar-refractivity contribution in [3.8, 4) is 0 Å². The van der Waals surface area contributed by atoms with Crippen LogP contribution in [0, 0.1) is 10.4 Å². The van der Waals surface area contributed by atoms with Gasteiger partial charge in [0.2, 0.25) is 0 Å². The molecule has 0 radical (unpaired) electrons. The maximum atomic E-state index is 11.1. The van der Waals surface area contributed by atoms with E-state index in [2.05, 4.69) is 0 Å². The van der Waals surface area contributed by atoms with Gasteiger partial charge >= 0.3 is 0 Å². The van der Waals surface area contributed by atoms with Gasteiger partial charge in [0, 0.05) is 6.04 Å². The summed E-state index contributed by atoms with van der Waals surface area (Å²) in [4.78, 5) is 0. The lowest BCUT2D eigenvalue weighted by molar-refractivity contribution is -0.1000. The summed E-state index contributed by atoms with van der Waals surface area (Å²) < 4.78 is 0. The summed E-state index contributed by atoms with van der Waals surface area (Å²) in [6.45, 7) is 1.68. The van der Waals surface area contributed by atoms with Crippen molar-refractivity contribution in [3.05, 3.63) is 10.4 Å². The first-order valence-electron chi connectivity index (χ1n) is 3.77. The van der Waals surface area contributed by atoms with Crippen LogP contribution in [0.25, 0.3) is 0 Å². The van der Waals surface area contributed by atoms with E-state index >= 15 is 0 Å². The van der Waals surface area contributed by atoms with Crippen LogP contribution >= 0.6 is 11.6 Å². The zero-order valence-electron chi connectivity index (χ0n) is 6.68. The number of hydrogen-bond acceptors (Lipinski definition) is 5. The van der Waals surface area contributed by atoms with E-state index in [1.54, 1.807) is 6.92 Å². The molecule has 1 heterocycles. The second kappa shape index (κ2) is 3.87. The molecular formula is C6H11ClN2O3-2. The van der Waals surface area contributed by atoms with Gasteiger partial charge in [0.15, 0.2) is 0 Å². The van der Waals surface area contributed by atoms with Crippen molar-refractivity contribution in [1.82, 2.24) is 10.3 Å². The molecule has 3 unspecified atom stereocenters. The first kappa shape index (κ1) is 10.2. The second-order valence-electron chi connectivity index (χ2n) is 3.07. The van der Waals surface area contributed by atoms with Gasteiger partial charge in [0.05, 0.1) is 5.50 Å². The molecule has 0 aromatic heterocycles. The molecule has 1 fully saturated rings. The van der Waals surface area contributed by atoms with E-state index < -0.39 is 11.5 Å². The zero-order valence-corrected chi connectivity index (χ0v) is 7.44. The third-order valence-electron chi connectivity index (χ3n) is 2.10. The smallest absolute Gasteiger partial charge is 0.0754 e. The Hall–Kier alpha value is 0.0900. The van der Waals surface area contributed by atoms with Crippen molar-refractivity contribution in [1.29, 1.82) is 0 Å². The van der Waals surface area contributed by atoms with Crippen LogP contribution in [0.3, 0.4) is 0 Å². The molecule has 0 spiro atoms. The van der Waals surface area contributed by atoms with E-state index in [1.807, 2.05) is 0 Å². The first-order valence-corrected chi connectivity index (χ1v) is 4.20. The lowest BCUT2D eigenvalue weighted by Gasteiger charge is -2.48. The molecule has 1 aliphatic heterocycles. The van der Waals surface area contributed by atoms with Crippen molar-refractivity contribution in [3.63, 3.8) is 0 Å². The van der Waals surface area contributed by atoms with Crippen LogP contribution in [0.15, 0.2) is 0 Å². The molecule has 3 atom stereocenters. The Balaban J connectivity index is 2.53. The van der Waals surface area contributed by atoms with Crippen molar-refractivity contribution in [2.24, 2.45) is 0 Å². The minimum atomic E-state index is -0.706. The van der Waals surface area contributed by atoms with E-state index in [4.69, 9.17) is 16.8 Å². The van der Waals surface area contributed by atoms with E-state index in [0.29, 0.717) is 6.42 Å². The molecule has 0 aromatic carbocycles. The molecule has 0 bridgehead atoms. The third kappa shape index (κ3) is 2.07. The van der Waals surface area contributed by atoms with Crippen LogP contribution in [-0.4, -0.2) is 33.1 Å². The summed E-state index contributed by atoms with van der Waals surface area (Å²) in [5.41, 5.74) is -0.706. The van der Waals surface area contributed by atoms with Gasteiger partial charge in [-0.25, -0.2) is 0 Å². The maximum absolute atomic E-state index is 11.1. The highest BCUT2D eigenvalue weighted by molar-refractivity contribution is 6.20. The number of nitrogens with zero attached hydrogens (tertiary/aromatic N) is 2. The van der Waals surface area contributed by atoms with Gasteiger partial charge in [-0.05, 0) is 18.9 Å². The second-order valence-corrected chi connectivity index (χ2v) is 3.57. The monoisotopic (exact) mass is 194 g/mol. The molecule has 5 nitrogen and oxygen atoms in total. The highest BCUT2D eigenvalue weighted by atomic mass is 35.5. The number of hydrogen-bond donors (Lipinski definition) is 1. The minimum Gasteiger partial charge on any atom is -0.784 e. The molecule has 0 aromatic rings. The van der Waals surface area contributed by atoms with Crippen molar-refractivity contribution >= 4 is 11.6 Å². The lowest BCUT2D eigenvalue weighted by Crippen LogP contribution is -2.47. The summed E-state index contributed by atoms with van der Waals surface area (Å²) in [5.74, 6) is 0. The van der Waals surface area contributed by atoms with E-state index in [9.17, 15) is 10.4 Å². The molecule has 1 saturated heterocycles. The third-order valence-corrected chi connectivity index (χ3v) is 2.47. The van der Waals surface area contributed by atoms with Crippen LogP contribution in [0.4, 0.5) is 0 Å². The van der Waals surface area contributed by atoms with Gasteiger partial charge in [-0.15, -0.1) is 11.6 Å². The molecule has 0 aliphatic carbocycles. The van der Waals surface area contributed by atoms with Gasteiger partial charge in [0.1, 0.15) is 0 Å². The van der Waals surface area contributed by atoms with E-state index in [0.717, 1.165) is 5.06 Å². The number of alkyl halides is 1. The molecular weight excluding hydrogens is 184 g/mol. The van der Waals surface area contributed by atoms with Crippen molar-refractivity contribution < 1.29 is 5.21 Å². The van der Waals surface area contributed by atoms with Crippen molar-refractivity contribution in [2.45, 2.75) is 37.4 Å². The number of piperidine rings is 1. The first-order chi connectivity index (χ1) is 5.52. The Morgan fingerprint density at radius 1 is 1.58 bits per heavy atom. The summed E-state index contributed by atoms with van der Waals surface area (Å²) in [6.07, 6.45) is 0.558. The quantitative estimate of drug-likeness (QED) is 0.384. The fourth-order valence-electron chi connectivity index (χ4n) is 1.38. The van der Waals surface area contributed by atoms with Gasteiger partial charge in [-0.2, -0.15) is 0 Å². The molecule has 1 N–H and O–H groups in total. The normalized spacial score (nSPS) is 39.0. The predicted octanol–water partition coefficient (Wildman–Crippen LogP) is 1.09. The number of hydroxylamine groups is 4. The predicted molar refractivity (Wildman–Crippen MR) is 44.3 cm³/mol. The van der Waals surface area contributed by atoms with Crippen molar-refractivity contribution in [2.75, 3.05) is 0 Å². The average molecular weight is 195 g/mol. The molecule has 6 heteroatoms. The standard InChI is InChI=1S/C6H11ClN2O3/c1-4-2-5(9(11)12)3-6(7)8(4)10/h4-6,11H,2-3H2,1H3/q-2. The Labute approximate surface area is 75.6 Å². The van der Waals surface area contributed by atoms with Crippen LogP contribution in [0.5, 0.6) is 0 Å². The van der Waals surface area contributed by atoms with Gasteiger partial charge in [-0.3, -0.25) is 5.23 Å². The fraction of sp³-hybridized carbons (Fsp3) is 1.00. The maximum Gasteiger partial charge on any atom is 0.0754 e. The minimum absolute atomic E-state index is 0.112.